The third-order valence-corrected chi connectivity index (χ3v) is 3.89. The largest absolute Gasteiger partial charge is 0.481 e. The lowest BCUT2D eigenvalue weighted by Gasteiger charge is -2.10. The minimum Gasteiger partial charge on any atom is -0.481 e. The summed E-state index contributed by atoms with van der Waals surface area (Å²) in [6.07, 6.45) is 0.565. The maximum Gasteiger partial charge on any atom is 0.419 e. The van der Waals surface area contributed by atoms with E-state index < -0.39 is 5.97 Å². The molecule has 2 aromatic rings. The first-order chi connectivity index (χ1) is 9.60. The summed E-state index contributed by atoms with van der Waals surface area (Å²) in [6, 6.07) is 5.57. The standard InChI is InChI=1S/C14H16N2O4/c1-2-16-11-6-8(3-4-12(11)20-14(16)19)10-5-9(7-15-10)13(17)18/h3-4,6,9-10,15H,2,5,7H2,1H3,(H,17,18). The van der Waals surface area contributed by atoms with Gasteiger partial charge in [-0.05, 0) is 31.0 Å². The summed E-state index contributed by atoms with van der Waals surface area (Å²) in [6.45, 7) is 2.91. The first kappa shape index (κ1) is 12.9. The van der Waals surface area contributed by atoms with Crippen molar-refractivity contribution in [1.82, 2.24) is 9.88 Å². The minimum atomic E-state index is -0.769. The van der Waals surface area contributed by atoms with Gasteiger partial charge in [-0.3, -0.25) is 9.36 Å². The number of aryl methyl sites for hydroxylation is 1. The van der Waals surface area contributed by atoms with E-state index in [9.17, 15) is 9.59 Å². The van der Waals surface area contributed by atoms with Crippen molar-refractivity contribution < 1.29 is 14.3 Å². The maximum absolute atomic E-state index is 11.6. The molecule has 0 bridgehead atoms. The summed E-state index contributed by atoms with van der Waals surface area (Å²) in [7, 11) is 0. The molecule has 0 spiro atoms. The van der Waals surface area contributed by atoms with Gasteiger partial charge < -0.3 is 14.8 Å². The van der Waals surface area contributed by atoms with E-state index in [1.54, 1.807) is 10.6 Å². The summed E-state index contributed by atoms with van der Waals surface area (Å²) < 4.78 is 6.73. The Kier molecular flexibility index (Phi) is 3.10. The Morgan fingerprint density at radius 3 is 3.00 bits per heavy atom. The molecule has 6 nitrogen and oxygen atoms in total. The van der Waals surface area contributed by atoms with Gasteiger partial charge in [0.2, 0.25) is 0 Å². The monoisotopic (exact) mass is 276 g/mol. The molecule has 2 heterocycles. The number of benzene rings is 1. The van der Waals surface area contributed by atoms with Gasteiger partial charge in [-0.2, -0.15) is 0 Å². The minimum absolute atomic E-state index is 0.0100. The average molecular weight is 276 g/mol. The Balaban J connectivity index is 1.97. The third-order valence-electron chi connectivity index (χ3n) is 3.89. The van der Waals surface area contributed by atoms with Crippen LogP contribution in [0.4, 0.5) is 0 Å². The van der Waals surface area contributed by atoms with Gasteiger partial charge in [-0.1, -0.05) is 6.07 Å². The van der Waals surface area contributed by atoms with Crippen LogP contribution in [0.5, 0.6) is 0 Å². The topological polar surface area (TPSA) is 84.5 Å². The summed E-state index contributed by atoms with van der Waals surface area (Å²) >= 11 is 0. The second kappa shape index (κ2) is 4.79. The van der Waals surface area contributed by atoms with Crippen molar-refractivity contribution in [2.75, 3.05) is 6.54 Å². The summed E-state index contributed by atoms with van der Waals surface area (Å²) in [5, 5.41) is 12.2. The Morgan fingerprint density at radius 1 is 1.55 bits per heavy atom. The zero-order valence-corrected chi connectivity index (χ0v) is 11.1. The summed E-state index contributed by atoms with van der Waals surface area (Å²) in [5.74, 6) is -1.48. The van der Waals surface area contributed by atoms with Crippen LogP contribution in [0.1, 0.15) is 24.9 Å². The molecule has 1 aliphatic rings. The van der Waals surface area contributed by atoms with Gasteiger partial charge in [0.25, 0.3) is 0 Å². The lowest BCUT2D eigenvalue weighted by molar-refractivity contribution is -0.141. The molecule has 2 atom stereocenters. The van der Waals surface area contributed by atoms with E-state index in [0.717, 1.165) is 11.1 Å². The lowest BCUT2D eigenvalue weighted by Crippen LogP contribution is -2.17. The predicted molar refractivity (Wildman–Crippen MR) is 72.6 cm³/mol. The van der Waals surface area contributed by atoms with E-state index >= 15 is 0 Å². The van der Waals surface area contributed by atoms with Crippen molar-refractivity contribution in [2.24, 2.45) is 5.92 Å². The van der Waals surface area contributed by atoms with Gasteiger partial charge >= 0.3 is 11.7 Å². The number of carboxylic acids is 1. The SMILES string of the molecule is CCn1c(=O)oc2ccc(C3CC(C(=O)O)CN3)cc21. The van der Waals surface area contributed by atoms with Gasteiger partial charge in [0.05, 0.1) is 11.4 Å². The van der Waals surface area contributed by atoms with Gasteiger partial charge in [-0.15, -0.1) is 0 Å². The highest BCUT2D eigenvalue weighted by molar-refractivity contribution is 5.74. The average Bonchev–Trinajstić information content (AvgIpc) is 3.01. The fraction of sp³-hybridized carbons (Fsp3) is 0.429. The van der Waals surface area contributed by atoms with E-state index in [1.807, 2.05) is 19.1 Å². The van der Waals surface area contributed by atoms with Crippen LogP contribution in [-0.2, 0) is 11.3 Å². The molecule has 0 aliphatic carbocycles. The number of oxazole rings is 1. The molecule has 2 unspecified atom stereocenters. The quantitative estimate of drug-likeness (QED) is 0.884. The number of fused-ring (bicyclic) bond motifs is 1. The van der Waals surface area contributed by atoms with E-state index in [1.165, 1.54) is 0 Å². The second-order valence-corrected chi connectivity index (χ2v) is 5.07. The molecule has 1 aromatic heterocycles. The van der Waals surface area contributed by atoms with Crippen molar-refractivity contribution >= 4 is 17.1 Å². The molecule has 1 aromatic carbocycles. The summed E-state index contributed by atoms with van der Waals surface area (Å²) in [5.41, 5.74) is 2.31. The van der Waals surface area contributed by atoms with Crippen molar-refractivity contribution in [3.8, 4) is 0 Å². The number of hydrogen-bond acceptors (Lipinski definition) is 4. The Morgan fingerprint density at radius 2 is 2.35 bits per heavy atom. The number of hydrogen-bond donors (Lipinski definition) is 2. The number of aliphatic carboxylic acids is 1. The molecule has 20 heavy (non-hydrogen) atoms. The van der Waals surface area contributed by atoms with Crippen molar-refractivity contribution in [3.63, 3.8) is 0 Å². The fourth-order valence-electron chi connectivity index (χ4n) is 2.77. The molecule has 2 N–H and O–H groups in total. The van der Waals surface area contributed by atoms with E-state index in [0.29, 0.717) is 25.1 Å². The predicted octanol–water partition coefficient (Wildman–Crippen LogP) is 1.35. The molecule has 6 heteroatoms. The van der Waals surface area contributed by atoms with Crippen LogP contribution in [0.15, 0.2) is 27.4 Å². The van der Waals surface area contributed by atoms with Crippen molar-refractivity contribution in [3.05, 3.63) is 34.3 Å². The number of nitrogens with zero attached hydrogens (tertiary/aromatic N) is 1. The van der Waals surface area contributed by atoms with Crippen LogP contribution in [0.25, 0.3) is 11.1 Å². The number of carbonyl (C=O) groups is 1. The highest BCUT2D eigenvalue weighted by Crippen LogP contribution is 2.29. The first-order valence-corrected chi connectivity index (χ1v) is 6.69. The van der Waals surface area contributed by atoms with Gasteiger partial charge in [0, 0.05) is 19.1 Å². The molecule has 0 amide bonds. The van der Waals surface area contributed by atoms with Crippen LogP contribution in [0, 0.1) is 5.92 Å². The molecular weight excluding hydrogens is 260 g/mol. The number of nitrogens with one attached hydrogen (secondary N) is 1. The molecule has 0 radical (unpaired) electrons. The molecule has 106 valence electrons. The fourth-order valence-corrected chi connectivity index (χ4v) is 2.77. The van der Waals surface area contributed by atoms with Crippen molar-refractivity contribution in [2.45, 2.75) is 25.9 Å². The van der Waals surface area contributed by atoms with Gasteiger partial charge in [-0.25, -0.2) is 4.79 Å². The van der Waals surface area contributed by atoms with Gasteiger partial charge in [0.1, 0.15) is 0 Å². The third kappa shape index (κ3) is 2.02. The maximum atomic E-state index is 11.6. The summed E-state index contributed by atoms with van der Waals surface area (Å²) in [4.78, 5) is 22.6. The molecular formula is C14H16N2O4. The second-order valence-electron chi connectivity index (χ2n) is 5.07. The van der Waals surface area contributed by atoms with E-state index in [-0.39, 0.29) is 17.7 Å². The smallest absolute Gasteiger partial charge is 0.419 e. The van der Waals surface area contributed by atoms with Crippen LogP contribution >= 0.6 is 0 Å². The first-order valence-electron chi connectivity index (χ1n) is 6.69. The van der Waals surface area contributed by atoms with E-state index in [2.05, 4.69) is 5.32 Å². The van der Waals surface area contributed by atoms with Crippen molar-refractivity contribution in [1.29, 1.82) is 0 Å². The molecule has 0 saturated carbocycles. The molecule has 1 saturated heterocycles. The number of aromatic nitrogens is 1. The van der Waals surface area contributed by atoms with Crippen LogP contribution in [-0.4, -0.2) is 22.2 Å². The van der Waals surface area contributed by atoms with E-state index in [4.69, 9.17) is 9.52 Å². The number of rotatable bonds is 3. The Hall–Kier alpha value is -2.08. The molecule has 1 fully saturated rings. The highest BCUT2D eigenvalue weighted by atomic mass is 16.4. The van der Waals surface area contributed by atoms with Crippen LogP contribution < -0.4 is 11.1 Å². The Bertz CT molecular complexity index is 716. The zero-order chi connectivity index (χ0) is 14.3. The normalized spacial score (nSPS) is 22.4. The molecule has 1 aliphatic heterocycles. The molecule has 3 rings (SSSR count). The lowest BCUT2D eigenvalue weighted by atomic mass is 10.00. The Labute approximate surface area is 115 Å². The highest BCUT2D eigenvalue weighted by Gasteiger charge is 2.30. The van der Waals surface area contributed by atoms with Gasteiger partial charge in [0.15, 0.2) is 5.58 Å². The van der Waals surface area contributed by atoms with Crippen LogP contribution in [0.2, 0.25) is 0 Å². The zero-order valence-electron chi connectivity index (χ0n) is 11.1. The van der Waals surface area contributed by atoms with Crippen LogP contribution in [0.3, 0.4) is 0 Å². The number of carboxylic acid groups (broad SMARTS) is 1.